The monoisotopic (exact) mass is 429 g/mol. The summed E-state index contributed by atoms with van der Waals surface area (Å²) in [5.74, 6) is 0.421. The molecule has 0 spiro atoms. The number of halogens is 4. The van der Waals surface area contributed by atoms with Gasteiger partial charge < -0.3 is 4.98 Å². The van der Waals surface area contributed by atoms with Gasteiger partial charge in [-0.05, 0) is 43.2 Å². The molecule has 1 aliphatic rings. The van der Waals surface area contributed by atoms with Crippen LogP contribution in [0.15, 0.2) is 47.4 Å². The molecule has 0 aliphatic carbocycles. The minimum absolute atomic E-state index is 0.115. The van der Waals surface area contributed by atoms with Gasteiger partial charge in [-0.1, -0.05) is 23.7 Å². The normalized spacial score (nSPS) is 18.8. The topological polar surface area (TPSA) is 66.1 Å². The van der Waals surface area contributed by atoms with Crippen LogP contribution in [0.3, 0.4) is 0 Å². The molecule has 1 saturated heterocycles. The van der Waals surface area contributed by atoms with E-state index >= 15 is 0 Å². The molecule has 2 heterocycles. The Balaban J connectivity index is 1.79. The first-order chi connectivity index (χ1) is 13.2. The Kier molecular flexibility index (Phi) is 4.64. The molecule has 1 fully saturated rings. The Labute approximate surface area is 164 Å². The second kappa shape index (κ2) is 6.75. The number of hydrogen-bond acceptors (Lipinski definition) is 3. The molecule has 1 N–H and O–H groups in total. The average Bonchev–Trinajstić information content (AvgIpc) is 3.27. The number of nitrogens with one attached hydrogen (secondary N) is 1. The lowest BCUT2D eigenvalue weighted by molar-refractivity contribution is -0.139. The number of alkyl halides is 3. The van der Waals surface area contributed by atoms with Crippen LogP contribution in [0.2, 0.25) is 5.02 Å². The fraction of sp³-hybridized carbons (Fsp3) is 0.278. The van der Waals surface area contributed by atoms with E-state index in [1.165, 1.54) is 0 Å². The summed E-state index contributed by atoms with van der Waals surface area (Å²) in [4.78, 5) is 6.72. The molecule has 4 rings (SSSR count). The zero-order chi connectivity index (χ0) is 20.1. The number of H-pyrrole nitrogens is 1. The summed E-state index contributed by atoms with van der Waals surface area (Å²) < 4.78 is 67.7. The summed E-state index contributed by atoms with van der Waals surface area (Å²) >= 11 is 5.68. The van der Waals surface area contributed by atoms with E-state index in [0.717, 1.165) is 22.0 Å². The summed E-state index contributed by atoms with van der Waals surface area (Å²) in [5, 5.41) is -0.179. The Hall–Kier alpha value is -2.10. The third kappa shape index (κ3) is 3.27. The van der Waals surface area contributed by atoms with Gasteiger partial charge in [0.15, 0.2) is 0 Å². The molecule has 1 atom stereocenters. The van der Waals surface area contributed by atoms with Crippen LogP contribution in [-0.4, -0.2) is 29.2 Å². The van der Waals surface area contributed by atoms with Gasteiger partial charge >= 0.3 is 6.18 Å². The highest BCUT2D eigenvalue weighted by atomic mass is 35.5. The number of rotatable bonds is 3. The third-order valence-electron chi connectivity index (χ3n) is 4.76. The molecule has 0 bridgehead atoms. The molecular formula is C18H15ClF3N3O2S. The Bertz CT molecular complexity index is 1110. The number of nitrogens with zero attached hydrogens (tertiary/aromatic N) is 2. The summed E-state index contributed by atoms with van der Waals surface area (Å²) in [6.45, 7) is 0.115. The standard InChI is InChI=1S/C18H15ClF3N3O2S/c19-11-7-8-16(12(10-11)18(20,21)22)28(26,27)25-9-3-6-15(25)17-23-13-4-1-2-5-14(13)24-17/h1-2,4-5,7-8,10,15H,3,6,9H2,(H,23,24). The molecule has 0 amide bonds. The molecule has 1 aliphatic heterocycles. The second-order valence-corrected chi connectivity index (χ2v) is 8.85. The van der Waals surface area contributed by atoms with Crippen molar-refractivity contribution in [1.29, 1.82) is 0 Å². The minimum atomic E-state index is -4.85. The number of aromatic amines is 1. The maximum absolute atomic E-state index is 13.4. The first-order valence-electron chi connectivity index (χ1n) is 8.51. The molecule has 0 saturated carbocycles. The Morgan fingerprint density at radius 3 is 2.64 bits per heavy atom. The molecule has 0 radical (unpaired) electrons. The van der Waals surface area contributed by atoms with Crippen LogP contribution >= 0.6 is 11.6 Å². The van der Waals surface area contributed by atoms with E-state index in [-0.39, 0.29) is 11.6 Å². The van der Waals surface area contributed by atoms with Gasteiger partial charge in [0, 0.05) is 11.6 Å². The van der Waals surface area contributed by atoms with E-state index in [2.05, 4.69) is 9.97 Å². The number of benzene rings is 2. The van der Waals surface area contributed by atoms with Crippen LogP contribution in [0.25, 0.3) is 11.0 Å². The van der Waals surface area contributed by atoms with E-state index in [0.29, 0.717) is 30.2 Å². The summed E-state index contributed by atoms with van der Waals surface area (Å²) in [6.07, 6.45) is -3.86. The van der Waals surface area contributed by atoms with Crippen molar-refractivity contribution in [2.75, 3.05) is 6.54 Å². The molecular weight excluding hydrogens is 415 g/mol. The first-order valence-corrected chi connectivity index (χ1v) is 10.3. The van der Waals surface area contributed by atoms with E-state index < -0.39 is 32.7 Å². The van der Waals surface area contributed by atoms with Crippen molar-refractivity contribution in [2.24, 2.45) is 0 Å². The molecule has 28 heavy (non-hydrogen) atoms. The van der Waals surface area contributed by atoms with Crippen LogP contribution in [0, 0.1) is 0 Å². The van der Waals surface area contributed by atoms with Gasteiger partial charge in [0.05, 0.1) is 27.5 Å². The van der Waals surface area contributed by atoms with Crippen LogP contribution in [0.4, 0.5) is 13.2 Å². The van der Waals surface area contributed by atoms with E-state index in [4.69, 9.17) is 11.6 Å². The van der Waals surface area contributed by atoms with Gasteiger partial charge in [-0.3, -0.25) is 0 Å². The highest BCUT2D eigenvalue weighted by molar-refractivity contribution is 7.89. The van der Waals surface area contributed by atoms with Crippen molar-refractivity contribution in [3.8, 4) is 0 Å². The Morgan fingerprint density at radius 2 is 1.93 bits per heavy atom. The predicted molar refractivity (Wildman–Crippen MR) is 98.4 cm³/mol. The zero-order valence-corrected chi connectivity index (χ0v) is 15.9. The lowest BCUT2D eigenvalue weighted by Gasteiger charge is -2.24. The minimum Gasteiger partial charge on any atom is -0.341 e. The average molecular weight is 430 g/mol. The van der Waals surface area contributed by atoms with Crippen LogP contribution in [0.5, 0.6) is 0 Å². The van der Waals surface area contributed by atoms with Gasteiger partial charge in [-0.2, -0.15) is 17.5 Å². The second-order valence-electron chi connectivity index (χ2n) is 6.55. The summed E-state index contributed by atoms with van der Waals surface area (Å²) in [6, 6.07) is 9.25. The van der Waals surface area contributed by atoms with Crippen LogP contribution < -0.4 is 0 Å². The zero-order valence-electron chi connectivity index (χ0n) is 14.4. The number of fused-ring (bicyclic) bond motifs is 1. The summed E-state index contributed by atoms with van der Waals surface area (Å²) in [5.41, 5.74) is 0.142. The van der Waals surface area contributed by atoms with Crippen molar-refractivity contribution >= 4 is 32.7 Å². The van der Waals surface area contributed by atoms with Crippen molar-refractivity contribution < 1.29 is 21.6 Å². The highest BCUT2D eigenvalue weighted by Crippen LogP contribution is 2.41. The Morgan fingerprint density at radius 1 is 1.18 bits per heavy atom. The molecule has 5 nitrogen and oxygen atoms in total. The van der Waals surface area contributed by atoms with Gasteiger partial charge in [0.25, 0.3) is 0 Å². The fourth-order valence-electron chi connectivity index (χ4n) is 3.51. The van der Waals surface area contributed by atoms with Crippen LogP contribution in [-0.2, 0) is 16.2 Å². The van der Waals surface area contributed by atoms with Gasteiger partial charge in [0.1, 0.15) is 5.82 Å². The number of imidazole rings is 1. The predicted octanol–water partition coefficient (Wildman–Crippen LogP) is 4.76. The highest BCUT2D eigenvalue weighted by Gasteiger charge is 2.43. The molecule has 2 aromatic carbocycles. The lowest BCUT2D eigenvalue weighted by Crippen LogP contribution is -2.32. The number of hydrogen-bond donors (Lipinski definition) is 1. The fourth-order valence-corrected chi connectivity index (χ4v) is 5.53. The smallest absolute Gasteiger partial charge is 0.341 e. The first kappa shape index (κ1) is 19.2. The number of sulfonamides is 1. The SMILES string of the molecule is O=S(=O)(c1ccc(Cl)cc1C(F)(F)F)N1CCCC1c1nc2ccccc2[nH]1. The van der Waals surface area contributed by atoms with Crippen molar-refractivity contribution in [2.45, 2.75) is 30.0 Å². The summed E-state index contributed by atoms with van der Waals surface area (Å²) in [7, 11) is -4.41. The quantitative estimate of drug-likeness (QED) is 0.652. The van der Waals surface area contributed by atoms with E-state index in [9.17, 15) is 21.6 Å². The van der Waals surface area contributed by atoms with Gasteiger partial charge in [-0.15, -0.1) is 0 Å². The molecule has 148 valence electrons. The maximum Gasteiger partial charge on any atom is 0.417 e. The lowest BCUT2D eigenvalue weighted by atomic mass is 10.2. The molecule has 1 unspecified atom stereocenters. The van der Waals surface area contributed by atoms with E-state index in [1.807, 2.05) is 6.07 Å². The third-order valence-corrected chi connectivity index (χ3v) is 6.96. The maximum atomic E-state index is 13.4. The largest absolute Gasteiger partial charge is 0.417 e. The molecule has 10 heteroatoms. The van der Waals surface area contributed by atoms with E-state index in [1.54, 1.807) is 18.2 Å². The van der Waals surface area contributed by atoms with Crippen molar-refractivity contribution in [3.63, 3.8) is 0 Å². The molecule has 1 aromatic heterocycles. The van der Waals surface area contributed by atoms with Crippen molar-refractivity contribution in [3.05, 3.63) is 58.9 Å². The van der Waals surface area contributed by atoms with Crippen LogP contribution in [0.1, 0.15) is 30.3 Å². The van der Waals surface area contributed by atoms with Gasteiger partial charge in [0.2, 0.25) is 10.0 Å². The van der Waals surface area contributed by atoms with Gasteiger partial charge in [-0.25, -0.2) is 13.4 Å². The number of aromatic nitrogens is 2. The number of para-hydroxylation sites is 2. The van der Waals surface area contributed by atoms with Crippen molar-refractivity contribution in [1.82, 2.24) is 14.3 Å². The molecule has 3 aromatic rings.